The second kappa shape index (κ2) is 11.5. The zero-order valence-electron chi connectivity index (χ0n) is 25.2. The molecule has 0 radical (unpaired) electrons. The standard InChI is InChI=1S/C43H30N2Si/c44-31-32-23-28-43-41(29-32)40-21-10-11-22-42(40)45(43)35-26-24-33(25-27-35)34-13-12-20-39(30-34)46(36-14-4-1-5-15-36,37-16-6-2-7-17-37)38-18-8-3-9-19-38/h1-30H. The Labute approximate surface area is 270 Å². The molecular formula is C43H30N2Si. The van der Waals surface area contributed by atoms with Gasteiger partial charge in [-0.25, -0.2) is 0 Å². The van der Waals surface area contributed by atoms with Crippen molar-refractivity contribution in [1.82, 2.24) is 4.57 Å². The molecule has 0 unspecified atom stereocenters. The van der Waals surface area contributed by atoms with E-state index in [0.29, 0.717) is 5.56 Å². The second-order valence-corrected chi connectivity index (χ2v) is 15.5. The van der Waals surface area contributed by atoms with Crippen molar-refractivity contribution in [1.29, 1.82) is 5.26 Å². The van der Waals surface area contributed by atoms with Crippen molar-refractivity contribution in [3.8, 4) is 22.9 Å². The summed E-state index contributed by atoms with van der Waals surface area (Å²) in [7, 11) is -2.61. The number of benzene rings is 7. The van der Waals surface area contributed by atoms with Crippen LogP contribution in [0.4, 0.5) is 0 Å². The monoisotopic (exact) mass is 602 g/mol. The van der Waals surface area contributed by atoms with Gasteiger partial charge in [-0.1, -0.05) is 146 Å². The van der Waals surface area contributed by atoms with Gasteiger partial charge in [0.2, 0.25) is 0 Å². The van der Waals surface area contributed by atoms with E-state index in [1.807, 2.05) is 12.1 Å². The zero-order valence-corrected chi connectivity index (χ0v) is 26.2. The van der Waals surface area contributed by atoms with Gasteiger partial charge < -0.3 is 4.57 Å². The van der Waals surface area contributed by atoms with Crippen molar-refractivity contribution in [3.05, 3.63) is 188 Å². The Bertz CT molecular complexity index is 2250. The van der Waals surface area contributed by atoms with Gasteiger partial charge >= 0.3 is 0 Å². The average molecular weight is 603 g/mol. The molecule has 2 nitrogen and oxygen atoms in total. The van der Waals surface area contributed by atoms with Crippen LogP contribution in [0.1, 0.15) is 5.56 Å². The Morgan fingerprint density at radius 1 is 0.413 bits per heavy atom. The number of nitriles is 1. The van der Waals surface area contributed by atoms with E-state index in [4.69, 9.17) is 0 Å². The quantitative estimate of drug-likeness (QED) is 0.142. The fraction of sp³-hybridized carbons (Fsp3) is 0. The largest absolute Gasteiger partial charge is 0.309 e. The third-order valence-corrected chi connectivity index (χ3v) is 14.0. The number of aromatic nitrogens is 1. The minimum Gasteiger partial charge on any atom is -0.309 e. The summed E-state index contributed by atoms with van der Waals surface area (Å²) in [5.41, 5.74) is 6.37. The van der Waals surface area contributed by atoms with Crippen LogP contribution < -0.4 is 20.7 Å². The Kier molecular flexibility index (Phi) is 6.91. The predicted octanol–water partition coefficient (Wildman–Crippen LogP) is 7.70. The first kappa shape index (κ1) is 27.6. The highest BCUT2D eigenvalue weighted by molar-refractivity contribution is 7.19. The Morgan fingerprint density at radius 2 is 0.957 bits per heavy atom. The first-order chi connectivity index (χ1) is 22.8. The molecule has 0 aliphatic rings. The lowest BCUT2D eigenvalue weighted by molar-refractivity contribution is 1.18. The van der Waals surface area contributed by atoms with Gasteiger partial charge in [-0.2, -0.15) is 5.26 Å². The normalized spacial score (nSPS) is 11.5. The van der Waals surface area contributed by atoms with Crippen LogP contribution in [0.2, 0.25) is 0 Å². The van der Waals surface area contributed by atoms with Gasteiger partial charge in [0.05, 0.1) is 22.7 Å². The maximum Gasteiger partial charge on any atom is 0.179 e. The molecule has 7 aromatic carbocycles. The van der Waals surface area contributed by atoms with Gasteiger partial charge in [-0.15, -0.1) is 0 Å². The molecule has 0 aliphatic carbocycles. The average Bonchev–Trinajstić information content (AvgIpc) is 3.47. The van der Waals surface area contributed by atoms with E-state index in [0.717, 1.165) is 27.5 Å². The van der Waals surface area contributed by atoms with Crippen molar-refractivity contribution in [2.24, 2.45) is 0 Å². The number of hydrogen-bond acceptors (Lipinski definition) is 1. The maximum atomic E-state index is 9.54. The predicted molar refractivity (Wildman–Crippen MR) is 195 cm³/mol. The van der Waals surface area contributed by atoms with Crippen molar-refractivity contribution < 1.29 is 0 Å². The number of hydrogen-bond donors (Lipinski definition) is 0. The summed E-state index contributed by atoms with van der Waals surface area (Å²) in [5.74, 6) is 0. The molecule has 0 saturated carbocycles. The molecule has 0 bridgehead atoms. The molecule has 0 aliphatic heterocycles. The van der Waals surface area contributed by atoms with Gasteiger partial charge in [0.1, 0.15) is 0 Å². The summed E-state index contributed by atoms with van der Waals surface area (Å²) in [6, 6.07) is 67.9. The van der Waals surface area contributed by atoms with E-state index in [1.165, 1.54) is 31.9 Å². The van der Waals surface area contributed by atoms with Gasteiger partial charge in [0.15, 0.2) is 8.07 Å². The molecule has 0 atom stereocenters. The lowest BCUT2D eigenvalue weighted by Gasteiger charge is -2.34. The molecule has 216 valence electrons. The minimum atomic E-state index is -2.61. The van der Waals surface area contributed by atoms with Gasteiger partial charge in [0.25, 0.3) is 0 Å². The lowest BCUT2D eigenvalue weighted by Crippen LogP contribution is -2.74. The molecule has 0 fully saturated rings. The highest BCUT2D eigenvalue weighted by atomic mass is 28.3. The summed E-state index contributed by atoms with van der Waals surface area (Å²) < 4.78 is 2.30. The van der Waals surface area contributed by atoms with E-state index in [9.17, 15) is 5.26 Å². The number of rotatable bonds is 6. The SMILES string of the molecule is N#Cc1ccc2c(c1)c1ccccc1n2-c1ccc(-c2cccc([Si](c3ccccc3)(c3ccccc3)c3ccccc3)c2)cc1. The van der Waals surface area contributed by atoms with Crippen LogP contribution in [0.25, 0.3) is 38.6 Å². The topological polar surface area (TPSA) is 28.7 Å². The number of fused-ring (bicyclic) bond motifs is 3. The fourth-order valence-corrected chi connectivity index (χ4v) is 11.9. The van der Waals surface area contributed by atoms with Crippen molar-refractivity contribution in [2.45, 2.75) is 0 Å². The zero-order chi connectivity index (χ0) is 30.9. The van der Waals surface area contributed by atoms with Crippen molar-refractivity contribution in [2.75, 3.05) is 0 Å². The molecular weight excluding hydrogens is 573 g/mol. The molecule has 1 heterocycles. The molecule has 0 saturated heterocycles. The molecule has 0 amide bonds. The summed E-state index contributed by atoms with van der Waals surface area (Å²) in [5, 5.41) is 17.2. The highest BCUT2D eigenvalue weighted by Crippen LogP contribution is 2.33. The molecule has 8 aromatic rings. The molecule has 0 spiro atoms. The second-order valence-electron chi connectivity index (χ2n) is 11.7. The van der Waals surface area contributed by atoms with Crippen LogP contribution in [0.15, 0.2) is 182 Å². The number of para-hydroxylation sites is 1. The maximum absolute atomic E-state index is 9.54. The van der Waals surface area contributed by atoms with Crippen LogP contribution in [0.5, 0.6) is 0 Å². The van der Waals surface area contributed by atoms with E-state index >= 15 is 0 Å². The van der Waals surface area contributed by atoms with Crippen LogP contribution in [0.3, 0.4) is 0 Å². The minimum absolute atomic E-state index is 0.673. The summed E-state index contributed by atoms with van der Waals surface area (Å²) in [4.78, 5) is 0. The summed E-state index contributed by atoms with van der Waals surface area (Å²) >= 11 is 0. The van der Waals surface area contributed by atoms with Crippen LogP contribution >= 0.6 is 0 Å². The van der Waals surface area contributed by atoms with Crippen LogP contribution in [-0.4, -0.2) is 12.6 Å². The Morgan fingerprint density at radius 3 is 1.57 bits per heavy atom. The molecule has 0 N–H and O–H groups in total. The van der Waals surface area contributed by atoms with Gasteiger partial charge in [0, 0.05) is 16.5 Å². The van der Waals surface area contributed by atoms with E-state index < -0.39 is 8.07 Å². The van der Waals surface area contributed by atoms with Crippen LogP contribution in [-0.2, 0) is 0 Å². The third-order valence-electron chi connectivity index (χ3n) is 9.18. The lowest BCUT2D eigenvalue weighted by atomic mass is 10.1. The molecule has 1 aromatic heterocycles. The van der Waals surface area contributed by atoms with E-state index in [2.05, 4.69) is 180 Å². The van der Waals surface area contributed by atoms with Gasteiger partial charge in [-0.05, 0) is 68.3 Å². The molecule has 3 heteroatoms. The molecule has 8 rings (SSSR count). The Balaban J connectivity index is 1.28. The highest BCUT2D eigenvalue weighted by Gasteiger charge is 2.41. The Hall–Kier alpha value is -5.95. The third kappa shape index (κ3) is 4.47. The summed E-state index contributed by atoms with van der Waals surface area (Å²) in [6.07, 6.45) is 0. The molecule has 46 heavy (non-hydrogen) atoms. The summed E-state index contributed by atoms with van der Waals surface area (Å²) in [6.45, 7) is 0. The smallest absolute Gasteiger partial charge is 0.179 e. The van der Waals surface area contributed by atoms with Crippen molar-refractivity contribution >= 4 is 50.6 Å². The first-order valence-corrected chi connectivity index (χ1v) is 17.6. The first-order valence-electron chi connectivity index (χ1n) is 15.6. The number of nitrogens with zero attached hydrogens (tertiary/aromatic N) is 2. The van der Waals surface area contributed by atoms with E-state index in [-0.39, 0.29) is 0 Å². The van der Waals surface area contributed by atoms with Crippen molar-refractivity contribution in [3.63, 3.8) is 0 Å². The fourth-order valence-electron chi connectivity index (χ4n) is 7.12. The van der Waals surface area contributed by atoms with Gasteiger partial charge in [-0.3, -0.25) is 0 Å². The van der Waals surface area contributed by atoms with Crippen LogP contribution in [0, 0.1) is 11.3 Å². The van der Waals surface area contributed by atoms with E-state index in [1.54, 1.807) is 0 Å².